The molecule has 6 heteroatoms. The molecule has 166 valence electrons. The van der Waals surface area contributed by atoms with Crippen LogP contribution in [0.15, 0.2) is 67.1 Å². The van der Waals surface area contributed by atoms with Crippen molar-refractivity contribution in [1.29, 1.82) is 0 Å². The van der Waals surface area contributed by atoms with Crippen LogP contribution in [0.2, 0.25) is 0 Å². The Balaban J connectivity index is 1.38. The summed E-state index contributed by atoms with van der Waals surface area (Å²) in [6, 6.07) is 14.1. The summed E-state index contributed by atoms with van der Waals surface area (Å²) in [4.78, 5) is 19.1. The van der Waals surface area contributed by atoms with Crippen molar-refractivity contribution < 1.29 is 4.79 Å². The molecular weight excluding hydrogens is 398 g/mol. The lowest BCUT2D eigenvalue weighted by Gasteiger charge is -2.26. The van der Waals surface area contributed by atoms with Gasteiger partial charge in [-0.2, -0.15) is 5.10 Å². The normalized spacial score (nSPS) is 14.6. The molecule has 2 aromatic heterocycles. The zero-order valence-corrected chi connectivity index (χ0v) is 18.5. The Bertz CT molecular complexity index is 1010. The maximum Gasteiger partial charge on any atom is 0.244 e. The highest BCUT2D eigenvalue weighted by atomic mass is 16.1. The van der Waals surface area contributed by atoms with Crippen LogP contribution in [0.5, 0.6) is 0 Å². The van der Waals surface area contributed by atoms with Crippen LogP contribution in [0.3, 0.4) is 0 Å². The standard InChI is InChI=1S/C26H31N5O/c32-25(28-15-8-18-30-16-5-2-6-17-30)13-12-24-21-31(20-22-9-3-1-4-10-22)29-26(24)23-11-7-14-27-19-23/h1,3-4,7,9-14,19,21H,2,5-6,8,15-18,20H2,(H,28,32)/b13-12+. The molecule has 1 aliphatic rings. The van der Waals surface area contributed by atoms with Crippen molar-refractivity contribution in [3.05, 3.63) is 78.3 Å². The summed E-state index contributed by atoms with van der Waals surface area (Å²) in [5.74, 6) is -0.0726. The summed E-state index contributed by atoms with van der Waals surface area (Å²) in [5.41, 5.74) is 3.83. The predicted octanol–water partition coefficient (Wildman–Crippen LogP) is 4.00. The number of carbonyl (C=O) groups excluding carboxylic acids is 1. The molecule has 4 rings (SSSR count). The first-order chi connectivity index (χ1) is 15.8. The minimum atomic E-state index is -0.0726. The molecule has 0 aliphatic carbocycles. The van der Waals surface area contributed by atoms with Crippen LogP contribution in [0, 0.1) is 0 Å². The quantitative estimate of drug-likeness (QED) is 0.413. The number of nitrogens with one attached hydrogen (secondary N) is 1. The van der Waals surface area contributed by atoms with Crippen molar-refractivity contribution in [2.75, 3.05) is 26.2 Å². The molecule has 1 N–H and O–H groups in total. The third-order valence-corrected chi connectivity index (χ3v) is 5.73. The van der Waals surface area contributed by atoms with E-state index in [1.54, 1.807) is 18.5 Å². The van der Waals surface area contributed by atoms with E-state index >= 15 is 0 Å². The smallest absolute Gasteiger partial charge is 0.244 e. The van der Waals surface area contributed by atoms with Crippen molar-refractivity contribution in [1.82, 2.24) is 25.0 Å². The zero-order chi connectivity index (χ0) is 22.0. The van der Waals surface area contributed by atoms with Gasteiger partial charge in [0.25, 0.3) is 0 Å². The highest BCUT2D eigenvalue weighted by molar-refractivity contribution is 5.92. The van der Waals surface area contributed by atoms with Crippen LogP contribution in [0.4, 0.5) is 0 Å². The van der Waals surface area contributed by atoms with Gasteiger partial charge in [0.15, 0.2) is 0 Å². The third-order valence-electron chi connectivity index (χ3n) is 5.73. The lowest BCUT2D eigenvalue weighted by molar-refractivity contribution is -0.116. The number of carbonyl (C=O) groups is 1. The molecular formula is C26H31N5O. The number of benzene rings is 1. The average Bonchev–Trinajstić information content (AvgIpc) is 3.25. The summed E-state index contributed by atoms with van der Waals surface area (Å²) in [7, 11) is 0. The number of piperidine rings is 1. The number of rotatable bonds is 9. The Hall–Kier alpha value is -3.25. The van der Waals surface area contributed by atoms with Gasteiger partial charge in [-0.3, -0.25) is 14.5 Å². The second kappa shape index (κ2) is 11.4. The van der Waals surface area contributed by atoms with Crippen LogP contribution in [-0.4, -0.2) is 51.8 Å². The molecule has 6 nitrogen and oxygen atoms in total. The number of hydrogen-bond donors (Lipinski definition) is 1. The van der Waals surface area contributed by atoms with E-state index in [1.165, 1.54) is 37.9 Å². The van der Waals surface area contributed by atoms with Crippen molar-refractivity contribution in [3.63, 3.8) is 0 Å². The molecule has 0 spiro atoms. The average molecular weight is 430 g/mol. The van der Waals surface area contributed by atoms with Crippen molar-refractivity contribution in [3.8, 4) is 11.3 Å². The van der Waals surface area contributed by atoms with E-state index < -0.39 is 0 Å². The molecule has 0 bridgehead atoms. The minimum Gasteiger partial charge on any atom is -0.353 e. The van der Waals surface area contributed by atoms with Gasteiger partial charge in [0.05, 0.1) is 6.54 Å². The Morgan fingerprint density at radius 2 is 1.91 bits per heavy atom. The molecule has 1 fully saturated rings. The monoisotopic (exact) mass is 429 g/mol. The first-order valence-corrected chi connectivity index (χ1v) is 11.5. The molecule has 1 aromatic carbocycles. The fourth-order valence-electron chi connectivity index (χ4n) is 4.06. The summed E-state index contributed by atoms with van der Waals surface area (Å²) in [5, 5.41) is 7.78. The van der Waals surface area contributed by atoms with Crippen LogP contribution in [0.25, 0.3) is 17.3 Å². The predicted molar refractivity (Wildman–Crippen MR) is 128 cm³/mol. The number of nitrogens with zero attached hydrogens (tertiary/aromatic N) is 4. The van der Waals surface area contributed by atoms with E-state index in [1.807, 2.05) is 47.3 Å². The fourth-order valence-corrected chi connectivity index (χ4v) is 4.06. The summed E-state index contributed by atoms with van der Waals surface area (Å²) < 4.78 is 1.91. The topological polar surface area (TPSA) is 63.1 Å². The van der Waals surface area contributed by atoms with Gasteiger partial charge >= 0.3 is 0 Å². The molecule has 0 unspecified atom stereocenters. The number of likely N-dealkylation sites (tertiary alicyclic amines) is 1. The van der Waals surface area contributed by atoms with Gasteiger partial charge in [-0.15, -0.1) is 0 Å². The van der Waals surface area contributed by atoms with Gasteiger partial charge in [0.2, 0.25) is 5.91 Å². The molecule has 0 atom stereocenters. The maximum absolute atomic E-state index is 12.4. The Kier molecular flexibility index (Phi) is 7.82. The minimum absolute atomic E-state index is 0.0726. The zero-order valence-electron chi connectivity index (χ0n) is 18.5. The van der Waals surface area contributed by atoms with E-state index in [-0.39, 0.29) is 5.91 Å². The van der Waals surface area contributed by atoms with E-state index in [4.69, 9.17) is 5.10 Å². The SMILES string of the molecule is O=C(/C=C/c1cn(Cc2ccccc2)nc1-c1cccnc1)NCCCN1CCCCC1. The third kappa shape index (κ3) is 6.37. The molecule has 3 heterocycles. The molecule has 32 heavy (non-hydrogen) atoms. The lowest BCUT2D eigenvalue weighted by atomic mass is 10.1. The van der Waals surface area contributed by atoms with Crippen LogP contribution < -0.4 is 5.32 Å². The van der Waals surface area contributed by atoms with Crippen molar-refractivity contribution in [2.24, 2.45) is 0 Å². The summed E-state index contributed by atoms with van der Waals surface area (Å²) >= 11 is 0. The maximum atomic E-state index is 12.4. The van der Waals surface area contributed by atoms with Crippen LogP contribution >= 0.6 is 0 Å². The summed E-state index contributed by atoms with van der Waals surface area (Å²) in [6.07, 6.45) is 13.9. The lowest BCUT2D eigenvalue weighted by Crippen LogP contribution is -2.33. The van der Waals surface area contributed by atoms with Gasteiger partial charge in [-0.05, 0) is 62.7 Å². The number of hydrogen-bond acceptors (Lipinski definition) is 4. The van der Waals surface area contributed by atoms with Crippen LogP contribution in [-0.2, 0) is 11.3 Å². The molecule has 0 radical (unpaired) electrons. The van der Waals surface area contributed by atoms with E-state index in [0.29, 0.717) is 13.1 Å². The Labute approximate surface area is 190 Å². The van der Waals surface area contributed by atoms with E-state index in [9.17, 15) is 4.79 Å². The Morgan fingerprint density at radius 3 is 2.69 bits per heavy atom. The number of aromatic nitrogens is 3. The summed E-state index contributed by atoms with van der Waals surface area (Å²) in [6.45, 7) is 4.81. The van der Waals surface area contributed by atoms with Gasteiger partial charge in [0.1, 0.15) is 5.69 Å². The largest absolute Gasteiger partial charge is 0.353 e. The highest BCUT2D eigenvalue weighted by Gasteiger charge is 2.11. The fraction of sp³-hybridized carbons (Fsp3) is 0.346. The second-order valence-corrected chi connectivity index (χ2v) is 8.24. The van der Waals surface area contributed by atoms with Crippen molar-refractivity contribution >= 4 is 12.0 Å². The molecule has 1 amide bonds. The first kappa shape index (κ1) is 22.0. The van der Waals surface area contributed by atoms with Gasteiger partial charge in [-0.25, -0.2) is 0 Å². The van der Waals surface area contributed by atoms with Gasteiger partial charge < -0.3 is 10.2 Å². The Morgan fingerprint density at radius 1 is 1.06 bits per heavy atom. The number of amides is 1. The van der Waals surface area contributed by atoms with Gasteiger partial charge in [-0.1, -0.05) is 36.8 Å². The van der Waals surface area contributed by atoms with E-state index in [2.05, 4.69) is 27.3 Å². The second-order valence-electron chi connectivity index (χ2n) is 8.24. The van der Waals surface area contributed by atoms with Crippen LogP contribution in [0.1, 0.15) is 36.8 Å². The van der Waals surface area contributed by atoms with Gasteiger partial charge in [0, 0.05) is 42.3 Å². The molecule has 1 aliphatic heterocycles. The number of pyridine rings is 1. The first-order valence-electron chi connectivity index (χ1n) is 11.5. The molecule has 3 aromatic rings. The highest BCUT2D eigenvalue weighted by Crippen LogP contribution is 2.23. The van der Waals surface area contributed by atoms with E-state index in [0.717, 1.165) is 29.8 Å². The van der Waals surface area contributed by atoms with Crippen molar-refractivity contribution in [2.45, 2.75) is 32.2 Å². The molecule has 1 saturated heterocycles. The molecule has 0 saturated carbocycles.